The Hall–Kier alpha value is -2.43. The Morgan fingerprint density at radius 2 is 2.00 bits per heavy atom. The van der Waals surface area contributed by atoms with Crippen LogP contribution in [-0.2, 0) is 11.2 Å². The molecule has 0 radical (unpaired) electrons. The van der Waals surface area contributed by atoms with Crippen LogP contribution in [0.2, 0.25) is 0 Å². The summed E-state index contributed by atoms with van der Waals surface area (Å²) in [6.07, 6.45) is 8.90. The molecule has 2 fully saturated rings. The molecule has 3 heterocycles. The summed E-state index contributed by atoms with van der Waals surface area (Å²) in [5.74, 6) is 1.81. The monoisotopic (exact) mass is 336 g/mol. The second-order valence-electron chi connectivity index (χ2n) is 6.99. The molecular formula is C20H24N4O. The first-order valence-corrected chi connectivity index (χ1v) is 9.15. The van der Waals surface area contributed by atoms with Crippen LogP contribution in [0.3, 0.4) is 0 Å². The molecule has 0 saturated carbocycles. The normalized spacial score (nSPS) is 23.4. The Bertz CT molecular complexity index is 706. The Kier molecular flexibility index (Phi) is 4.63. The minimum Gasteiger partial charge on any atom is -0.355 e. The molecule has 0 N–H and O–H groups in total. The Balaban J connectivity index is 1.43. The van der Waals surface area contributed by atoms with Gasteiger partial charge in [-0.1, -0.05) is 30.3 Å². The third-order valence-corrected chi connectivity index (χ3v) is 5.50. The van der Waals surface area contributed by atoms with E-state index in [1.807, 2.05) is 12.3 Å². The molecule has 25 heavy (non-hydrogen) atoms. The highest BCUT2D eigenvalue weighted by Crippen LogP contribution is 2.32. The van der Waals surface area contributed by atoms with E-state index in [1.54, 1.807) is 12.4 Å². The standard InChI is InChI=1S/C20H24N4O/c25-20-7-6-17-15-23(19-14-21-10-11-22-19)12-9-18(17)24(20)13-8-16-4-2-1-3-5-16/h1-5,10-11,14,17-18H,6-9,12-13,15H2/t17-,18+/m1/s1. The predicted octanol–water partition coefficient (Wildman–Crippen LogP) is 2.54. The van der Waals surface area contributed by atoms with Crippen LogP contribution in [0, 0.1) is 5.92 Å². The lowest BCUT2D eigenvalue weighted by atomic mass is 9.83. The third kappa shape index (κ3) is 3.50. The molecule has 2 atom stereocenters. The van der Waals surface area contributed by atoms with Crippen LogP contribution in [0.1, 0.15) is 24.8 Å². The quantitative estimate of drug-likeness (QED) is 0.861. The minimum absolute atomic E-state index is 0.324. The number of benzene rings is 1. The second-order valence-corrected chi connectivity index (χ2v) is 6.99. The maximum atomic E-state index is 12.5. The summed E-state index contributed by atoms with van der Waals surface area (Å²) in [6.45, 7) is 2.74. The van der Waals surface area contributed by atoms with Crippen molar-refractivity contribution in [2.24, 2.45) is 5.92 Å². The third-order valence-electron chi connectivity index (χ3n) is 5.50. The molecule has 1 aromatic carbocycles. The summed E-state index contributed by atoms with van der Waals surface area (Å²) in [6, 6.07) is 10.8. The van der Waals surface area contributed by atoms with Crippen molar-refractivity contribution in [2.45, 2.75) is 31.7 Å². The van der Waals surface area contributed by atoms with Gasteiger partial charge in [-0.05, 0) is 30.7 Å². The van der Waals surface area contributed by atoms with Crippen molar-refractivity contribution in [1.82, 2.24) is 14.9 Å². The van der Waals surface area contributed by atoms with Gasteiger partial charge in [0.1, 0.15) is 5.82 Å². The largest absolute Gasteiger partial charge is 0.355 e. The van der Waals surface area contributed by atoms with E-state index < -0.39 is 0 Å². The SMILES string of the molecule is O=C1CC[C@@H]2CN(c3cnccn3)CC[C@@H]2N1CCc1ccccc1. The molecule has 2 aromatic rings. The smallest absolute Gasteiger partial charge is 0.222 e. The number of amides is 1. The lowest BCUT2D eigenvalue weighted by molar-refractivity contribution is -0.139. The number of aromatic nitrogens is 2. The van der Waals surface area contributed by atoms with Crippen LogP contribution in [-0.4, -0.2) is 46.5 Å². The number of rotatable bonds is 4. The molecule has 2 aliphatic heterocycles. The van der Waals surface area contributed by atoms with E-state index >= 15 is 0 Å². The Morgan fingerprint density at radius 3 is 2.80 bits per heavy atom. The van der Waals surface area contributed by atoms with Gasteiger partial charge in [0.25, 0.3) is 0 Å². The number of anilines is 1. The van der Waals surface area contributed by atoms with Crippen LogP contribution in [0.25, 0.3) is 0 Å². The summed E-state index contributed by atoms with van der Waals surface area (Å²) >= 11 is 0. The first-order chi connectivity index (χ1) is 12.3. The lowest BCUT2D eigenvalue weighted by Gasteiger charge is -2.47. The van der Waals surface area contributed by atoms with E-state index in [0.29, 0.717) is 24.3 Å². The van der Waals surface area contributed by atoms with E-state index in [2.05, 4.69) is 44.0 Å². The average molecular weight is 336 g/mol. The van der Waals surface area contributed by atoms with Gasteiger partial charge in [-0.25, -0.2) is 4.98 Å². The average Bonchev–Trinajstić information content (AvgIpc) is 2.68. The molecule has 4 rings (SSSR count). The summed E-state index contributed by atoms with van der Waals surface area (Å²) < 4.78 is 0. The number of hydrogen-bond donors (Lipinski definition) is 0. The number of carbonyl (C=O) groups excluding carboxylic acids is 1. The Morgan fingerprint density at radius 1 is 1.12 bits per heavy atom. The number of nitrogens with zero attached hydrogens (tertiary/aromatic N) is 4. The van der Waals surface area contributed by atoms with Crippen molar-refractivity contribution in [3.8, 4) is 0 Å². The van der Waals surface area contributed by atoms with Crippen molar-refractivity contribution in [2.75, 3.05) is 24.5 Å². The van der Waals surface area contributed by atoms with Crippen LogP contribution >= 0.6 is 0 Å². The molecular weight excluding hydrogens is 312 g/mol. The van der Waals surface area contributed by atoms with E-state index in [9.17, 15) is 4.79 Å². The van der Waals surface area contributed by atoms with Gasteiger partial charge in [0.2, 0.25) is 5.91 Å². The highest BCUT2D eigenvalue weighted by molar-refractivity contribution is 5.77. The molecule has 0 aliphatic carbocycles. The molecule has 0 bridgehead atoms. The van der Waals surface area contributed by atoms with Crippen molar-refractivity contribution in [3.63, 3.8) is 0 Å². The van der Waals surface area contributed by atoms with Gasteiger partial charge in [0.15, 0.2) is 0 Å². The van der Waals surface area contributed by atoms with Gasteiger partial charge in [0.05, 0.1) is 6.20 Å². The molecule has 0 unspecified atom stereocenters. The topological polar surface area (TPSA) is 49.3 Å². The van der Waals surface area contributed by atoms with Crippen molar-refractivity contribution in [1.29, 1.82) is 0 Å². The summed E-state index contributed by atoms with van der Waals surface area (Å²) in [4.78, 5) is 25.6. The van der Waals surface area contributed by atoms with Crippen molar-refractivity contribution >= 4 is 11.7 Å². The lowest BCUT2D eigenvalue weighted by Crippen LogP contribution is -2.56. The molecule has 1 amide bonds. The second kappa shape index (κ2) is 7.21. The number of piperidine rings is 2. The fraction of sp³-hybridized carbons (Fsp3) is 0.450. The molecule has 2 aliphatic rings. The number of likely N-dealkylation sites (tertiary alicyclic amines) is 1. The molecule has 1 aromatic heterocycles. The fourth-order valence-electron chi connectivity index (χ4n) is 4.20. The van der Waals surface area contributed by atoms with Crippen LogP contribution in [0.5, 0.6) is 0 Å². The van der Waals surface area contributed by atoms with Crippen LogP contribution < -0.4 is 4.90 Å². The first kappa shape index (κ1) is 16.1. The number of hydrogen-bond acceptors (Lipinski definition) is 4. The maximum Gasteiger partial charge on any atom is 0.222 e. The number of fused-ring (bicyclic) bond motifs is 1. The van der Waals surface area contributed by atoms with E-state index in [-0.39, 0.29) is 0 Å². The van der Waals surface area contributed by atoms with E-state index in [0.717, 1.165) is 44.7 Å². The first-order valence-electron chi connectivity index (χ1n) is 9.15. The maximum absolute atomic E-state index is 12.5. The highest BCUT2D eigenvalue weighted by atomic mass is 16.2. The van der Waals surface area contributed by atoms with Crippen LogP contribution in [0.15, 0.2) is 48.9 Å². The summed E-state index contributed by atoms with van der Waals surface area (Å²) in [5.41, 5.74) is 1.30. The van der Waals surface area contributed by atoms with Crippen LogP contribution in [0.4, 0.5) is 5.82 Å². The molecule has 130 valence electrons. The Labute approximate surface area is 148 Å². The fourth-order valence-corrected chi connectivity index (χ4v) is 4.20. The zero-order valence-corrected chi connectivity index (χ0v) is 14.4. The van der Waals surface area contributed by atoms with Gasteiger partial charge < -0.3 is 9.80 Å². The van der Waals surface area contributed by atoms with Gasteiger partial charge in [-0.2, -0.15) is 0 Å². The molecule has 5 heteroatoms. The molecule has 2 saturated heterocycles. The number of carbonyl (C=O) groups is 1. The minimum atomic E-state index is 0.324. The van der Waals surface area contributed by atoms with Gasteiger partial charge in [-0.15, -0.1) is 0 Å². The van der Waals surface area contributed by atoms with Gasteiger partial charge in [-0.3, -0.25) is 9.78 Å². The highest BCUT2D eigenvalue weighted by Gasteiger charge is 2.39. The molecule has 0 spiro atoms. The molecule has 5 nitrogen and oxygen atoms in total. The summed E-state index contributed by atoms with van der Waals surface area (Å²) in [5, 5.41) is 0. The van der Waals surface area contributed by atoms with E-state index in [4.69, 9.17) is 0 Å². The van der Waals surface area contributed by atoms with Crippen molar-refractivity contribution < 1.29 is 4.79 Å². The van der Waals surface area contributed by atoms with Crippen molar-refractivity contribution in [3.05, 3.63) is 54.5 Å². The van der Waals surface area contributed by atoms with Gasteiger partial charge in [0, 0.05) is 44.5 Å². The zero-order chi connectivity index (χ0) is 17.1. The zero-order valence-electron chi connectivity index (χ0n) is 14.4. The predicted molar refractivity (Wildman–Crippen MR) is 97.2 cm³/mol. The van der Waals surface area contributed by atoms with Gasteiger partial charge >= 0.3 is 0 Å². The summed E-state index contributed by atoms with van der Waals surface area (Å²) in [7, 11) is 0. The van der Waals surface area contributed by atoms with E-state index in [1.165, 1.54) is 5.56 Å².